The van der Waals surface area contributed by atoms with Gasteiger partial charge in [-0.15, -0.1) is 0 Å². The van der Waals surface area contributed by atoms with Gasteiger partial charge in [-0.05, 0) is 38.8 Å². The molecule has 1 amide bonds. The summed E-state index contributed by atoms with van der Waals surface area (Å²) in [5.41, 5.74) is 2.11. The Kier molecular flexibility index (Phi) is 3.83. The van der Waals surface area contributed by atoms with Crippen molar-refractivity contribution in [3.63, 3.8) is 0 Å². The van der Waals surface area contributed by atoms with Gasteiger partial charge in [0.15, 0.2) is 0 Å². The Balaban J connectivity index is 1.47. The first-order chi connectivity index (χ1) is 12.1. The number of nitrogens with zero attached hydrogens (tertiary/aromatic N) is 3. The van der Waals surface area contributed by atoms with Crippen LogP contribution in [0.4, 0.5) is 0 Å². The molecule has 2 aromatic heterocycles. The molecule has 4 rings (SSSR count). The highest BCUT2D eigenvalue weighted by atomic mass is 16.5. The molecule has 2 heterocycles. The highest BCUT2D eigenvalue weighted by molar-refractivity contribution is 5.95. The summed E-state index contributed by atoms with van der Waals surface area (Å²) in [6.45, 7) is 3.96. The molecule has 1 fully saturated rings. The second kappa shape index (κ2) is 6.16. The van der Waals surface area contributed by atoms with Gasteiger partial charge in [-0.2, -0.15) is 4.98 Å². The van der Waals surface area contributed by atoms with Crippen molar-refractivity contribution in [3.05, 3.63) is 53.1 Å². The largest absolute Gasteiger partial charge is 0.444 e. The maximum Gasteiger partial charge on any atom is 0.251 e. The van der Waals surface area contributed by atoms with E-state index in [9.17, 15) is 4.79 Å². The van der Waals surface area contributed by atoms with E-state index in [0.717, 1.165) is 29.9 Å². The summed E-state index contributed by atoms with van der Waals surface area (Å²) < 4.78 is 10.7. The van der Waals surface area contributed by atoms with Crippen molar-refractivity contribution in [1.82, 2.24) is 20.4 Å². The minimum atomic E-state index is -0.207. The van der Waals surface area contributed by atoms with Crippen molar-refractivity contribution in [2.75, 3.05) is 0 Å². The SMILES string of the molecule is Cc1nc(CNC(=O)c2cccc(-c3noc(C4CC4)n3)c2)oc1C. The van der Waals surface area contributed by atoms with E-state index in [0.29, 0.717) is 29.1 Å². The molecule has 3 aromatic rings. The van der Waals surface area contributed by atoms with Gasteiger partial charge in [0.05, 0.1) is 12.2 Å². The quantitative estimate of drug-likeness (QED) is 0.768. The summed E-state index contributed by atoms with van der Waals surface area (Å²) in [5.74, 6) is 2.64. The maximum atomic E-state index is 12.4. The molecule has 128 valence electrons. The summed E-state index contributed by atoms with van der Waals surface area (Å²) in [7, 11) is 0. The minimum absolute atomic E-state index is 0.207. The lowest BCUT2D eigenvalue weighted by Gasteiger charge is -2.04. The van der Waals surface area contributed by atoms with Crippen LogP contribution in [0.1, 0.15) is 52.4 Å². The molecule has 0 atom stereocenters. The second-order valence-corrected chi connectivity index (χ2v) is 6.24. The Hall–Kier alpha value is -2.96. The number of rotatable bonds is 5. The van der Waals surface area contributed by atoms with E-state index in [1.54, 1.807) is 18.2 Å². The average Bonchev–Trinajstić information content (AvgIpc) is 3.26. The molecule has 0 aliphatic heterocycles. The molecular weight excluding hydrogens is 320 g/mol. The number of amides is 1. The van der Waals surface area contributed by atoms with Gasteiger partial charge in [0.1, 0.15) is 5.76 Å². The first-order valence-corrected chi connectivity index (χ1v) is 8.25. The number of hydrogen-bond donors (Lipinski definition) is 1. The fourth-order valence-electron chi connectivity index (χ4n) is 2.52. The second-order valence-electron chi connectivity index (χ2n) is 6.24. The Bertz CT molecular complexity index is 905. The van der Waals surface area contributed by atoms with Crippen LogP contribution in [0.25, 0.3) is 11.4 Å². The number of aromatic nitrogens is 3. The van der Waals surface area contributed by atoms with Crippen LogP contribution in [0.2, 0.25) is 0 Å². The Morgan fingerprint density at radius 3 is 2.84 bits per heavy atom. The summed E-state index contributed by atoms with van der Waals surface area (Å²) in [6.07, 6.45) is 2.20. The summed E-state index contributed by atoms with van der Waals surface area (Å²) >= 11 is 0. The third-order valence-corrected chi connectivity index (χ3v) is 4.22. The predicted octanol–water partition coefficient (Wildman–Crippen LogP) is 3.15. The molecule has 25 heavy (non-hydrogen) atoms. The van der Waals surface area contributed by atoms with Gasteiger partial charge in [-0.3, -0.25) is 4.79 Å². The molecule has 1 aromatic carbocycles. The average molecular weight is 338 g/mol. The standard InChI is InChI=1S/C18H18N4O3/c1-10-11(2)24-15(20-10)9-19-17(23)14-5-3-4-13(8-14)16-21-18(25-22-16)12-6-7-12/h3-5,8,12H,6-7,9H2,1-2H3,(H,19,23). The zero-order valence-electron chi connectivity index (χ0n) is 14.1. The van der Waals surface area contributed by atoms with Gasteiger partial charge in [-0.1, -0.05) is 17.3 Å². The van der Waals surface area contributed by atoms with Gasteiger partial charge in [-0.25, -0.2) is 4.98 Å². The topological polar surface area (TPSA) is 94.1 Å². The zero-order chi connectivity index (χ0) is 17.4. The number of hydrogen-bond acceptors (Lipinski definition) is 6. The number of carbonyl (C=O) groups is 1. The van der Waals surface area contributed by atoms with Gasteiger partial charge in [0.25, 0.3) is 5.91 Å². The van der Waals surface area contributed by atoms with Crippen molar-refractivity contribution >= 4 is 5.91 Å². The monoisotopic (exact) mass is 338 g/mol. The first-order valence-electron chi connectivity index (χ1n) is 8.25. The molecule has 0 unspecified atom stereocenters. The summed E-state index contributed by atoms with van der Waals surface area (Å²) in [5, 5.41) is 6.82. The number of aryl methyl sites for hydroxylation is 2. The van der Waals surface area contributed by atoms with Crippen LogP contribution in [0.3, 0.4) is 0 Å². The first kappa shape index (κ1) is 15.6. The van der Waals surface area contributed by atoms with Crippen LogP contribution in [0, 0.1) is 13.8 Å². The van der Waals surface area contributed by atoms with Gasteiger partial charge in [0.2, 0.25) is 17.6 Å². The lowest BCUT2D eigenvalue weighted by Crippen LogP contribution is -2.22. The Morgan fingerprint density at radius 1 is 1.28 bits per heavy atom. The lowest BCUT2D eigenvalue weighted by atomic mass is 10.1. The van der Waals surface area contributed by atoms with Crippen LogP contribution in [0.15, 0.2) is 33.2 Å². The normalized spacial score (nSPS) is 13.8. The number of nitrogens with one attached hydrogen (secondary N) is 1. The number of oxazole rings is 1. The molecule has 0 spiro atoms. The van der Waals surface area contributed by atoms with Crippen molar-refractivity contribution in [3.8, 4) is 11.4 Å². The highest BCUT2D eigenvalue weighted by Crippen LogP contribution is 2.39. The molecular formula is C18H18N4O3. The van der Waals surface area contributed by atoms with E-state index in [2.05, 4.69) is 20.4 Å². The van der Waals surface area contributed by atoms with E-state index in [-0.39, 0.29) is 12.5 Å². The fraction of sp³-hybridized carbons (Fsp3) is 0.333. The highest BCUT2D eigenvalue weighted by Gasteiger charge is 2.29. The Morgan fingerprint density at radius 2 is 2.12 bits per heavy atom. The summed E-state index contributed by atoms with van der Waals surface area (Å²) in [4.78, 5) is 21.0. The maximum absolute atomic E-state index is 12.4. The van der Waals surface area contributed by atoms with Crippen molar-refractivity contribution < 1.29 is 13.7 Å². The molecule has 1 saturated carbocycles. The van der Waals surface area contributed by atoms with Crippen LogP contribution in [0.5, 0.6) is 0 Å². The summed E-state index contributed by atoms with van der Waals surface area (Å²) in [6, 6.07) is 7.16. The third-order valence-electron chi connectivity index (χ3n) is 4.22. The van der Waals surface area contributed by atoms with Gasteiger partial charge < -0.3 is 14.3 Å². The molecule has 1 aliphatic rings. The van der Waals surface area contributed by atoms with E-state index in [1.807, 2.05) is 19.9 Å². The molecule has 1 aliphatic carbocycles. The fourth-order valence-corrected chi connectivity index (χ4v) is 2.52. The van der Waals surface area contributed by atoms with E-state index in [1.165, 1.54) is 0 Å². The van der Waals surface area contributed by atoms with Gasteiger partial charge >= 0.3 is 0 Å². The lowest BCUT2D eigenvalue weighted by molar-refractivity contribution is 0.0947. The van der Waals surface area contributed by atoms with Crippen LogP contribution >= 0.6 is 0 Å². The zero-order valence-corrected chi connectivity index (χ0v) is 14.1. The third kappa shape index (κ3) is 3.31. The van der Waals surface area contributed by atoms with E-state index < -0.39 is 0 Å². The van der Waals surface area contributed by atoms with Crippen molar-refractivity contribution in [2.24, 2.45) is 0 Å². The molecule has 7 nitrogen and oxygen atoms in total. The van der Waals surface area contributed by atoms with E-state index >= 15 is 0 Å². The van der Waals surface area contributed by atoms with Crippen LogP contribution in [-0.2, 0) is 6.54 Å². The number of carbonyl (C=O) groups excluding carboxylic acids is 1. The van der Waals surface area contributed by atoms with E-state index in [4.69, 9.17) is 8.94 Å². The van der Waals surface area contributed by atoms with Crippen molar-refractivity contribution in [1.29, 1.82) is 0 Å². The Labute approximate surface area is 144 Å². The number of benzene rings is 1. The molecule has 0 bridgehead atoms. The molecule has 7 heteroatoms. The smallest absolute Gasteiger partial charge is 0.251 e. The minimum Gasteiger partial charge on any atom is -0.444 e. The predicted molar refractivity (Wildman–Crippen MR) is 88.9 cm³/mol. The van der Waals surface area contributed by atoms with Crippen LogP contribution in [-0.4, -0.2) is 21.0 Å². The van der Waals surface area contributed by atoms with Crippen LogP contribution < -0.4 is 5.32 Å². The van der Waals surface area contributed by atoms with Crippen molar-refractivity contribution in [2.45, 2.75) is 39.2 Å². The molecule has 1 N–H and O–H groups in total. The molecule has 0 saturated heterocycles. The van der Waals surface area contributed by atoms with Gasteiger partial charge in [0, 0.05) is 17.0 Å². The molecule has 0 radical (unpaired) electrons.